The van der Waals surface area contributed by atoms with Gasteiger partial charge in [0.1, 0.15) is 5.75 Å². The maximum absolute atomic E-state index is 9.84. The van der Waals surface area contributed by atoms with E-state index in [4.69, 9.17) is 5.10 Å². The van der Waals surface area contributed by atoms with Gasteiger partial charge in [-0.05, 0) is 84.6 Å². The zero-order valence-corrected chi connectivity index (χ0v) is 16.2. The van der Waals surface area contributed by atoms with Crippen LogP contribution >= 0.6 is 0 Å². The average Bonchev–Trinajstić information content (AvgIpc) is 3.10. The molecule has 4 atom stereocenters. The number of phenols is 1. The highest BCUT2D eigenvalue weighted by Crippen LogP contribution is 2.59. The van der Waals surface area contributed by atoms with E-state index in [9.17, 15) is 5.11 Å². The molecule has 0 bridgehead atoms. The second-order valence-corrected chi connectivity index (χ2v) is 9.58. The normalized spacial score (nSPS) is 32.1. The van der Waals surface area contributed by atoms with Crippen molar-refractivity contribution in [3.63, 3.8) is 0 Å². The first kappa shape index (κ1) is 16.4. The topological polar surface area (TPSA) is 38.0 Å². The fourth-order valence-corrected chi connectivity index (χ4v) is 6.36. The van der Waals surface area contributed by atoms with Gasteiger partial charge in [-0.3, -0.25) is 4.68 Å². The van der Waals surface area contributed by atoms with Gasteiger partial charge in [0.2, 0.25) is 0 Å². The average molecular weight is 351 g/mol. The Morgan fingerprint density at radius 1 is 1.27 bits per heavy atom. The molecule has 0 spiro atoms. The summed E-state index contributed by atoms with van der Waals surface area (Å²) in [6, 6.07) is 6.08. The van der Waals surface area contributed by atoms with Gasteiger partial charge in [-0.1, -0.05) is 26.8 Å². The third-order valence-electron chi connectivity index (χ3n) is 7.47. The molecule has 0 aliphatic heterocycles. The van der Waals surface area contributed by atoms with E-state index in [0.29, 0.717) is 17.6 Å². The first-order chi connectivity index (χ1) is 12.5. The Bertz CT molecular complexity index is 852. The summed E-state index contributed by atoms with van der Waals surface area (Å²) >= 11 is 0. The van der Waals surface area contributed by atoms with Crippen molar-refractivity contribution in [3.05, 3.63) is 46.8 Å². The van der Waals surface area contributed by atoms with E-state index in [1.165, 1.54) is 48.1 Å². The van der Waals surface area contributed by atoms with Gasteiger partial charge in [0, 0.05) is 18.2 Å². The smallest absolute Gasteiger partial charge is 0.115 e. The first-order valence-corrected chi connectivity index (χ1v) is 10.3. The Kier molecular flexibility index (Phi) is 3.54. The summed E-state index contributed by atoms with van der Waals surface area (Å²) in [4.78, 5) is 0. The second-order valence-electron chi connectivity index (χ2n) is 9.58. The molecule has 0 amide bonds. The van der Waals surface area contributed by atoms with E-state index < -0.39 is 0 Å². The van der Waals surface area contributed by atoms with E-state index in [1.54, 1.807) is 0 Å². The molecule has 1 N–H and O–H groups in total. The third kappa shape index (κ3) is 2.28. The molecular weight excluding hydrogens is 320 g/mol. The second kappa shape index (κ2) is 5.61. The Hall–Kier alpha value is -1.77. The first-order valence-electron chi connectivity index (χ1n) is 10.3. The van der Waals surface area contributed by atoms with Gasteiger partial charge in [0.25, 0.3) is 0 Å². The summed E-state index contributed by atoms with van der Waals surface area (Å²) in [6.07, 6.45) is 8.41. The Labute approximate surface area is 156 Å². The van der Waals surface area contributed by atoms with Crippen molar-refractivity contribution in [2.24, 2.45) is 17.8 Å². The quantitative estimate of drug-likeness (QED) is 0.843. The largest absolute Gasteiger partial charge is 0.508 e. The lowest BCUT2D eigenvalue weighted by Crippen LogP contribution is -2.43. The maximum atomic E-state index is 9.84. The lowest BCUT2D eigenvalue weighted by atomic mass is 9.55. The van der Waals surface area contributed by atoms with Crippen molar-refractivity contribution in [1.29, 1.82) is 0 Å². The number of phenolic OH excluding ortho intramolecular Hbond substituents is 1. The van der Waals surface area contributed by atoms with Gasteiger partial charge in [0.05, 0.1) is 5.69 Å². The number of aryl methyl sites for hydroxylation is 1. The molecule has 1 aromatic carbocycles. The molecule has 5 rings (SSSR count). The third-order valence-corrected chi connectivity index (χ3v) is 7.47. The summed E-state index contributed by atoms with van der Waals surface area (Å²) in [5, 5.41) is 14.9. The Morgan fingerprint density at radius 2 is 2.12 bits per heavy atom. The monoisotopic (exact) mass is 350 g/mol. The molecule has 0 saturated heterocycles. The lowest BCUT2D eigenvalue weighted by molar-refractivity contribution is 0.102. The number of fused-ring (bicyclic) bond motifs is 7. The van der Waals surface area contributed by atoms with Crippen LogP contribution < -0.4 is 0 Å². The van der Waals surface area contributed by atoms with Crippen LogP contribution in [0.2, 0.25) is 0 Å². The van der Waals surface area contributed by atoms with Crippen LogP contribution in [-0.4, -0.2) is 14.9 Å². The number of rotatable bonds is 2. The SMILES string of the molecule is CC(C)Cn1cc2c(n1)C1(C)CCC3c4ccc(O)cc4CCC3C1C2. The molecule has 26 heavy (non-hydrogen) atoms. The van der Waals surface area contributed by atoms with Crippen molar-refractivity contribution in [2.45, 2.75) is 70.8 Å². The minimum Gasteiger partial charge on any atom is -0.508 e. The molecule has 1 heterocycles. The number of aromatic nitrogens is 2. The van der Waals surface area contributed by atoms with Crippen LogP contribution in [0.15, 0.2) is 24.4 Å². The van der Waals surface area contributed by atoms with Crippen LogP contribution in [0.1, 0.15) is 68.3 Å². The summed E-state index contributed by atoms with van der Waals surface area (Å²) in [5.74, 6) is 3.22. The van der Waals surface area contributed by atoms with Gasteiger partial charge >= 0.3 is 0 Å². The molecule has 1 fully saturated rings. The maximum Gasteiger partial charge on any atom is 0.115 e. The molecule has 1 aromatic heterocycles. The van der Waals surface area contributed by atoms with E-state index >= 15 is 0 Å². The number of hydrogen-bond donors (Lipinski definition) is 1. The van der Waals surface area contributed by atoms with Crippen LogP contribution in [0, 0.1) is 17.8 Å². The van der Waals surface area contributed by atoms with Crippen LogP contribution in [-0.2, 0) is 24.8 Å². The van der Waals surface area contributed by atoms with Gasteiger partial charge in [-0.15, -0.1) is 0 Å². The van der Waals surface area contributed by atoms with Crippen molar-refractivity contribution in [2.75, 3.05) is 0 Å². The molecule has 138 valence electrons. The molecule has 3 aliphatic carbocycles. The van der Waals surface area contributed by atoms with Gasteiger partial charge in [0.15, 0.2) is 0 Å². The highest BCUT2D eigenvalue weighted by molar-refractivity contribution is 5.42. The van der Waals surface area contributed by atoms with E-state index in [1.807, 2.05) is 12.1 Å². The zero-order chi connectivity index (χ0) is 18.1. The predicted octanol–water partition coefficient (Wildman–Crippen LogP) is 4.81. The standard InChI is InChI=1S/C23H30N2O/c1-14(2)12-25-13-16-11-21-20-6-4-15-10-17(26)5-7-18(15)19(20)8-9-23(21,3)22(16)24-25/h5,7,10,13-14,19-21,26H,4,6,8-9,11-12H2,1-3H3. The minimum absolute atomic E-state index is 0.257. The predicted molar refractivity (Wildman–Crippen MR) is 104 cm³/mol. The molecule has 3 heteroatoms. The number of hydrogen-bond acceptors (Lipinski definition) is 2. The van der Waals surface area contributed by atoms with Crippen LogP contribution in [0.5, 0.6) is 5.75 Å². The fourth-order valence-electron chi connectivity index (χ4n) is 6.36. The summed E-state index contributed by atoms with van der Waals surface area (Å²) in [5.41, 5.74) is 6.06. The number of aromatic hydroxyl groups is 1. The number of nitrogens with zero attached hydrogens (tertiary/aromatic N) is 2. The van der Waals surface area contributed by atoms with Crippen LogP contribution in [0.4, 0.5) is 0 Å². The molecule has 0 radical (unpaired) electrons. The summed E-state index contributed by atoms with van der Waals surface area (Å²) in [7, 11) is 0. The number of benzene rings is 1. The lowest BCUT2D eigenvalue weighted by Gasteiger charge is -2.49. The van der Waals surface area contributed by atoms with Crippen LogP contribution in [0.3, 0.4) is 0 Å². The van der Waals surface area contributed by atoms with Crippen molar-refractivity contribution < 1.29 is 5.11 Å². The molecule has 1 saturated carbocycles. The van der Waals surface area contributed by atoms with Crippen molar-refractivity contribution in [1.82, 2.24) is 9.78 Å². The summed E-state index contributed by atoms with van der Waals surface area (Å²) in [6.45, 7) is 8.04. The van der Waals surface area contributed by atoms with Crippen LogP contribution in [0.25, 0.3) is 0 Å². The molecule has 2 aromatic rings. The van der Waals surface area contributed by atoms with E-state index in [-0.39, 0.29) is 5.41 Å². The van der Waals surface area contributed by atoms with E-state index in [2.05, 4.69) is 37.7 Å². The Balaban J connectivity index is 1.47. The highest BCUT2D eigenvalue weighted by atomic mass is 16.3. The van der Waals surface area contributed by atoms with Crippen molar-refractivity contribution in [3.8, 4) is 5.75 Å². The van der Waals surface area contributed by atoms with Gasteiger partial charge in [-0.25, -0.2) is 0 Å². The molecule has 3 aliphatic rings. The Morgan fingerprint density at radius 3 is 2.92 bits per heavy atom. The van der Waals surface area contributed by atoms with E-state index in [0.717, 1.165) is 24.8 Å². The van der Waals surface area contributed by atoms with Gasteiger partial charge in [-0.2, -0.15) is 5.10 Å². The van der Waals surface area contributed by atoms with Crippen molar-refractivity contribution >= 4 is 0 Å². The minimum atomic E-state index is 0.257. The molecule has 4 unspecified atom stereocenters. The zero-order valence-electron chi connectivity index (χ0n) is 16.2. The fraction of sp³-hybridized carbons (Fsp3) is 0.609. The molecular formula is C23H30N2O. The highest BCUT2D eigenvalue weighted by Gasteiger charge is 2.54. The van der Waals surface area contributed by atoms with Gasteiger partial charge < -0.3 is 5.11 Å². The molecule has 3 nitrogen and oxygen atoms in total. The summed E-state index contributed by atoms with van der Waals surface area (Å²) < 4.78 is 2.20.